The molecule has 0 fully saturated rings. The summed E-state index contributed by atoms with van der Waals surface area (Å²) in [4.78, 5) is 12.1. The minimum absolute atomic E-state index is 0.109. The van der Waals surface area contributed by atoms with Crippen molar-refractivity contribution in [3.63, 3.8) is 0 Å². The summed E-state index contributed by atoms with van der Waals surface area (Å²) in [6, 6.07) is 7.38. The average Bonchev–Trinajstić information content (AvgIpc) is 2.96. The Morgan fingerprint density at radius 1 is 1.29 bits per heavy atom. The van der Waals surface area contributed by atoms with Crippen molar-refractivity contribution >= 4 is 22.5 Å². The highest BCUT2D eigenvalue weighted by Gasteiger charge is 2.13. The molecule has 3 aromatic rings. The van der Waals surface area contributed by atoms with Gasteiger partial charge in [0.1, 0.15) is 5.52 Å². The summed E-state index contributed by atoms with van der Waals surface area (Å²) in [5.74, 6) is 0. The van der Waals surface area contributed by atoms with E-state index in [1.165, 1.54) is 9.36 Å². The summed E-state index contributed by atoms with van der Waals surface area (Å²) < 4.78 is 8.22. The maximum Gasteiger partial charge on any atom is 0.292 e. The van der Waals surface area contributed by atoms with E-state index in [-0.39, 0.29) is 18.7 Å². The fraction of sp³-hybridized carbons (Fsp3) is 0.312. The lowest BCUT2D eigenvalue weighted by Gasteiger charge is -2.12. The third kappa shape index (κ3) is 3.48. The van der Waals surface area contributed by atoms with Crippen molar-refractivity contribution in [2.45, 2.75) is 19.3 Å². The van der Waals surface area contributed by atoms with Gasteiger partial charge in [0.25, 0.3) is 5.56 Å². The van der Waals surface area contributed by atoms with Gasteiger partial charge in [0.05, 0.1) is 38.3 Å². The Bertz CT molecular complexity index is 906. The second-order valence-electron chi connectivity index (χ2n) is 5.46. The third-order valence-electron chi connectivity index (χ3n) is 3.64. The predicted octanol–water partition coefficient (Wildman–Crippen LogP) is 1.36. The van der Waals surface area contributed by atoms with Crippen molar-refractivity contribution in [2.24, 2.45) is 7.05 Å². The number of nitrogens with zero attached hydrogens (tertiary/aromatic N) is 4. The van der Waals surface area contributed by atoms with E-state index in [4.69, 9.17) is 16.3 Å². The van der Waals surface area contributed by atoms with Crippen molar-refractivity contribution in [1.29, 1.82) is 0 Å². The molecular weight excluding hydrogens is 332 g/mol. The van der Waals surface area contributed by atoms with Gasteiger partial charge in [-0.15, -0.1) is 0 Å². The molecule has 0 spiro atoms. The van der Waals surface area contributed by atoms with Gasteiger partial charge in [0, 0.05) is 17.5 Å². The van der Waals surface area contributed by atoms with Crippen LogP contribution in [0.4, 0.5) is 0 Å². The number of aromatic nitrogens is 4. The van der Waals surface area contributed by atoms with Crippen LogP contribution in [0.5, 0.6) is 0 Å². The maximum absolute atomic E-state index is 12.1. The van der Waals surface area contributed by atoms with Crippen molar-refractivity contribution in [3.8, 4) is 0 Å². The zero-order chi connectivity index (χ0) is 17.1. The zero-order valence-corrected chi connectivity index (χ0v) is 13.8. The van der Waals surface area contributed by atoms with Gasteiger partial charge in [-0.25, -0.2) is 4.68 Å². The fourth-order valence-electron chi connectivity index (χ4n) is 2.39. The van der Waals surface area contributed by atoms with Gasteiger partial charge in [-0.2, -0.15) is 10.2 Å². The Labute approximate surface area is 143 Å². The molecule has 2 heterocycles. The van der Waals surface area contributed by atoms with E-state index in [0.29, 0.717) is 22.5 Å². The first-order valence-corrected chi connectivity index (χ1v) is 7.81. The molecule has 0 aliphatic carbocycles. The minimum Gasteiger partial charge on any atom is -0.389 e. The van der Waals surface area contributed by atoms with Crippen LogP contribution in [-0.4, -0.2) is 37.4 Å². The molecule has 1 aromatic carbocycles. The normalized spacial score (nSPS) is 12.6. The molecule has 7 nitrogen and oxygen atoms in total. The Kier molecular flexibility index (Phi) is 4.94. The van der Waals surface area contributed by atoms with Gasteiger partial charge in [-0.1, -0.05) is 29.8 Å². The molecule has 0 aliphatic rings. The van der Waals surface area contributed by atoms with Gasteiger partial charge < -0.3 is 9.84 Å². The lowest BCUT2D eigenvalue weighted by Crippen LogP contribution is -2.26. The first kappa shape index (κ1) is 16.6. The molecule has 0 radical (unpaired) electrons. The molecule has 0 unspecified atom stereocenters. The molecule has 3 rings (SSSR count). The van der Waals surface area contributed by atoms with Gasteiger partial charge >= 0.3 is 0 Å². The van der Waals surface area contributed by atoms with Crippen LogP contribution < -0.4 is 5.56 Å². The Morgan fingerprint density at radius 3 is 2.83 bits per heavy atom. The average molecular weight is 349 g/mol. The highest BCUT2D eigenvalue weighted by molar-refractivity contribution is 6.31. The molecule has 0 amide bonds. The molecule has 1 atom stereocenters. The Hall–Kier alpha value is -2.22. The van der Waals surface area contributed by atoms with Crippen molar-refractivity contribution in [3.05, 3.63) is 57.6 Å². The number of aliphatic hydroxyl groups excluding tert-OH is 1. The van der Waals surface area contributed by atoms with Crippen LogP contribution in [0.15, 0.2) is 41.5 Å². The molecule has 2 aromatic heterocycles. The van der Waals surface area contributed by atoms with E-state index in [2.05, 4.69) is 10.2 Å². The van der Waals surface area contributed by atoms with Crippen LogP contribution in [0.1, 0.15) is 5.56 Å². The first-order valence-electron chi connectivity index (χ1n) is 7.43. The lowest BCUT2D eigenvalue weighted by molar-refractivity contribution is 0.0193. The highest BCUT2D eigenvalue weighted by atomic mass is 35.5. The van der Waals surface area contributed by atoms with Crippen molar-refractivity contribution in [1.82, 2.24) is 19.6 Å². The number of aryl methyl sites for hydroxylation is 1. The SMILES string of the molecule is Cn1ncc2cnn(C[C@@H](O)COCc3ccccc3Cl)c2c1=O. The molecule has 1 N–H and O–H groups in total. The molecule has 0 saturated heterocycles. The number of rotatable bonds is 6. The van der Waals surface area contributed by atoms with Gasteiger partial charge in [-0.3, -0.25) is 9.48 Å². The molecule has 0 bridgehead atoms. The maximum atomic E-state index is 12.1. The zero-order valence-electron chi connectivity index (χ0n) is 13.1. The van der Waals surface area contributed by atoms with E-state index in [1.807, 2.05) is 18.2 Å². The quantitative estimate of drug-likeness (QED) is 0.727. The Morgan fingerprint density at radius 2 is 2.04 bits per heavy atom. The summed E-state index contributed by atoms with van der Waals surface area (Å²) in [5.41, 5.74) is 1.02. The third-order valence-corrected chi connectivity index (χ3v) is 4.01. The van der Waals surface area contributed by atoms with E-state index in [0.717, 1.165) is 5.56 Å². The van der Waals surface area contributed by atoms with Crippen LogP contribution in [0.25, 0.3) is 10.9 Å². The number of hydrogen-bond acceptors (Lipinski definition) is 5. The van der Waals surface area contributed by atoms with Crippen LogP contribution in [-0.2, 0) is 24.9 Å². The lowest BCUT2D eigenvalue weighted by atomic mass is 10.2. The van der Waals surface area contributed by atoms with Crippen LogP contribution in [0.3, 0.4) is 0 Å². The number of halogens is 1. The minimum atomic E-state index is -0.798. The highest BCUT2D eigenvalue weighted by Crippen LogP contribution is 2.16. The predicted molar refractivity (Wildman–Crippen MR) is 89.9 cm³/mol. The largest absolute Gasteiger partial charge is 0.389 e. The smallest absolute Gasteiger partial charge is 0.292 e. The Balaban J connectivity index is 1.63. The number of benzene rings is 1. The molecule has 126 valence electrons. The van der Waals surface area contributed by atoms with Crippen molar-refractivity contribution in [2.75, 3.05) is 6.61 Å². The first-order chi connectivity index (χ1) is 11.6. The van der Waals surface area contributed by atoms with Crippen LogP contribution >= 0.6 is 11.6 Å². The summed E-state index contributed by atoms with van der Waals surface area (Å²) in [6.45, 7) is 0.575. The van der Waals surface area contributed by atoms with Crippen LogP contribution in [0.2, 0.25) is 5.02 Å². The van der Waals surface area contributed by atoms with Crippen LogP contribution in [0, 0.1) is 0 Å². The molecule has 0 aliphatic heterocycles. The van der Waals surface area contributed by atoms with E-state index < -0.39 is 6.10 Å². The van der Waals surface area contributed by atoms with Gasteiger partial charge in [-0.05, 0) is 11.6 Å². The molecule has 0 saturated carbocycles. The standard InChI is InChI=1S/C16H17ClN4O3/c1-20-16(23)15-12(6-18-20)7-19-21(15)8-13(22)10-24-9-11-4-2-3-5-14(11)17/h2-7,13,22H,8-10H2,1H3/t13-/m1/s1. The second kappa shape index (κ2) is 7.12. The number of aliphatic hydroxyl groups is 1. The fourth-order valence-corrected chi connectivity index (χ4v) is 2.58. The summed E-state index contributed by atoms with van der Waals surface area (Å²) >= 11 is 6.05. The topological polar surface area (TPSA) is 82.2 Å². The summed E-state index contributed by atoms with van der Waals surface area (Å²) in [5, 5.41) is 19.5. The number of ether oxygens (including phenoxy) is 1. The van der Waals surface area contributed by atoms with E-state index in [9.17, 15) is 9.90 Å². The number of hydrogen-bond donors (Lipinski definition) is 1. The molecule has 24 heavy (non-hydrogen) atoms. The summed E-state index contributed by atoms with van der Waals surface area (Å²) in [7, 11) is 1.57. The van der Waals surface area contributed by atoms with Crippen molar-refractivity contribution < 1.29 is 9.84 Å². The molecule has 8 heteroatoms. The van der Waals surface area contributed by atoms with E-state index >= 15 is 0 Å². The summed E-state index contributed by atoms with van der Waals surface area (Å²) in [6.07, 6.45) is 2.33. The van der Waals surface area contributed by atoms with E-state index in [1.54, 1.807) is 25.5 Å². The second-order valence-corrected chi connectivity index (χ2v) is 5.87. The monoisotopic (exact) mass is 348 g/mol. The van der Waals surface area contributed by atoms with Gasteiger partial charge in [0.2, 0.25) is 0 Å². The van der Waals surface area contributed by atoms with Gasteiger partial charge in [0.15, 0.2) is 0 Å². The molecular formula is C16H17ClN4O3. The number of fused-ring (bicyclic) bond motifs is 1.